The summed E-state index contributed by atoms with van der Waals surface area (Å²) < 4.78 is 5.34. The molecule has 1 amide bonds. The van der Waals surface area contributed by atoms with Crippen molar-refractivity contribution < 1.29 is 9.21 Å². The molecule has 0 aromatic carbocycles. The molecular weight excluding hydrogens is 264 g/mol. The minimum atomic E-state index is 0.0957. The zero-order valence-electron chi connectivity index (χ0n) is 11.4. The SMILES string of the molecule is CCc1occc1C(=O)N1CCCN(CCCl)CC1. The second-order valence-electron chi connectivity index (χ2n) is 4.79. The van der Waals surface area contributed by atoms with Crippen molar-refractivity contribution in [3.05, 3.63) is 23.7 Å². The van der Waals surface area contributed by atoms with E-state index >= 15 is 0 Å². The first-order valence-corrected chi connectivity index (χ1v) is 7.43. The Morgan fingerprint density at radius 2 is 2.21 bits per heavy atom. The monoisotopic (exact) mass is 284 g/mol. The molecule has 0 saturated carbocycles. The van der Waals surface area contributed by atoms with Gasteiger partial charge in [-0.2, -0.15) is 0 Å². The molecule has 1 aliphatic rings. The highest BCUT2D eigenvalue weighted by Crippen LogP contribution is 2.15. The molecule has 1 saturated heterocycles. The lowest BCUT2D eigenvalue weighted by atomic mass is 10.2. The van der Waals surface area contributed by atoms with Crippen LogP contribution in [0.15, 0.2) is 16.7 Å². The van der Waals surface area contributed by atoms with Gasteiger partial charge in [0.05, 0.1) is 11.8 Å². The van der Waals surface area contributed by atoms with E-state index < -0.39 is 0 Å². The predicted octanol–water partition coefficient (Wildman–Crippen LogP) is 2.23. The highest BCUT2D eigenvalue weighted by molar-refractivity contribution is 6.18. The molecule has 106 valence electrons. The summed E-state index contributed by atoms with van der Waals surface area (Å²) in [5.74, 6) is 1.53. The molecule has 0 spiro atoms. The van der Waals surface area contributed by atoms with Gasteiger partial charge >= 0.3 is 0 Å². The van der Waals surface area contributed by atoms with Gasteiger partial charge in [-0.15, -0.1) is 11.6 Å². The summed E-state index contributed by atoms with van der Waals surface area (Å²) in [5.41, 5.74) is 0.716. The molecule has 0 unspecified atom stereocenters. The molecule has 19 heavy (non-hydrogen) atoms. The van der Waals surface area contributed by atoms with Crippen LogP contribution in [0.5, 0.6) is 0 Å². The minimum Gasteiger partial charge on any atom is -0.469 e. The number of hydrogen-bond donors (Lipinski definition) is 0. The third-order valence-electron chi connectivity index (χ3n) is 3.57. The zero-order chi connectivity index (χ0) is 13.7. The highest BCUT2D eigenvalue weighted by atomic mass is 35.5. The Morgan fingerprint density at radius 1 is 1.37 bits per heavy atom. The first-order chi connectivity index (χ1) is 9.26. The number of nitrogens with zero attached hydrogens (tertiary/aromatic N) is 2. The van der Waals surface area contributed by atoms with E-state index in [4.69, 9.17) is 16.0 Å². The number of alkyl halides is 1. The number of rotatable bonds is 4. The second kappa shape index (κ2) is 6.96. The van der Waals surface area contributed by atoms with Gasteiger partial charge in [-0.05, 0) is 19.0 Å². The maximum Gasteiger partial charge on any atom is 0.257 e. The van der Waals surface area contributed by atoms with E-state index in [0.29, 0.717) is 11.4 Å². The van der Waals surface area contributed by atoms with E-state index in [1.807, 2.05) is 11.8 Å². The van der Waals surface area contributed by atoms with Crippen LogP contribution in [-0.2, 0) is 6.42 Å². The van der Waals surface area contributed by atoms with Gasteiger partial charge in [0.15, 0.2) is 0 Å². The maximum atomic E-state index is 12.5. The highest BCUT2D eigenvalue weighted by Gasteiger charge is 2.22. The van der Waals surface area contributed by atoms with Crippen LogP contribution in [0.1, 0.15) is 29.5 Å². The summed E-state index contributed by atoms with van der Waals surface area (Å²) >= 11 is 5.77. The van der Waals surface area contributed by atoms with Gasteiger partial charge in [-0.25, -0.2) is 0 Å². The van der Waals surface area contributed by atoms with Crippen molar-refractivity contribution in [1.29, 1.82) is 0 Å². The van der Waals surface area contributed by atoms with Gasteiger partial charge in [0.1, 0.15) is 5.76 Å². The predicted molar refractivity (Wildman–Crippen MR) is 75.8 cm³/mol. The summed E-state index contributed by atoms with van der Waals surface area (Å²) in [6.45, 7) is 6.39. The molecule has 1 fully saturated rings. The number of carbonyl (C=O) groups excluding carboxylic acids is 1. The molecule has 4 nitrogen and oxygen atoms in total. The van der Waals surface area contributed by atoms with Crippen LogP contribution in [-0.4, -0.2) is 54.3 Å². The van der Waals surface area contributed by atoms with E-state index in [1.165, 1.54) is 0 Å². The lowest BCUT2D eigenvalue weighted by Crippen LogP contribution is -2.35. The van der Waals surface area contributed by atoms with Gasteiger partial charge in [-0.1, -0.05) is 6.92 Å². The smallest absolute Gasteiger partial charge is 0.257 e. The fourth-order valence-electron chi connectivity index (χ4n) is 2.49. The summed E-state index contributed by atoms with van der Waals surface area (Å²) in [4.78, 5) is 16.7. The molecule has 2 heterocycles. The van der Waals surface area contributed by atoms with Crippen molar-refractivity contribution in [2.45, 2.75) is 19.8 Å². The lowest BCUT2D eigenvalue weighted by Gasteiger charge is -2.21. The van der Waals surface area contributed by atoms with Crippen molar-refractivity contribution in [3.63, 3.8) is 0 Å². The molecule has 1 aromatic rings. The van der Waals surface area contributed by atoms with E-state index in [-0.39, 0.29) is 5.91 Å². The molecule has 0 N–H and O–H groups in total. The van der Waals surface area contributed by atoms with Crippen molar-refractivity contribution in [2.75, 3.05) is 38.6 Å². The van der Waals surface area contributed by atoms with E-state index in [1.54, 1.807) is 12.3 Å². The molecule has 0 aliphatic carbocycles. The molecular formula is C14H21ClN2O2. The van der Waals surface area contributed by atoms with Crippen LogP contribution in [0.4, 0.5) is 0 Å². The number of halogens is 1. The van der Waals surface area contributed by atoms with Crippen LogP contribution >= 0.6 is 11.6 Å². The molecule has 0 bridgehead atoms. The maximum absolute atomic E-state index is 12.5. The van der Waals surface area contributed by atoms with Crippen molar-refractivity contribution in [2.24, 2.45) is 0 Å². The van der Waals surface area contributed by atoms with Crippen LogP contribution in [0.3, 0.4) is 0 Å². The normalized spacial score (nSPS) is 17.5. The quantitative estimate of drug-likeness (QED) is 0.796. The fraction of sp³-hybridized carbons (Fsp3) is 0.643. The first-order valence-electron chi connectivity index (χ1n) is 6.90. The van der Waals surface area contributed by atoms with Crippen LogP contribution < -0.4 is 0 Å². The summed E-state index contributed by atoms with van der Waals surface area (Å²) in [6.07, 6.45) is 3.35. The van der Waals surface area contributed by atoms with Crippen LogP contribution in [0.2, 0.25) is 0 Å². The standard InChI is InChI=1S/C14H21ClN2O2/c1-2-13-12(4-11-19-13)14(18)17-7-3-6-16(8-5-15)9-10-17/h4,11H,2-3,5-10H2,1H3. The fourth-order valence-corrected chi connectivity index (χ4v) is 2.73. The number of amides is 1. The Labute approximate surface area is 119 Å². The van der Waals surface area contributed by atoms with Gasteiger partial charge < -0.3 is 14.2 Å². The Morgan fingerprint density at radius 3 is 2.95 bits per heavy atom. The molecule has 2 rings (SSSR count). The summed E-state index contributed by atoms with van der Waals surface area (Å²) in [7, 11) is 0. The number of furan rings is 1. The topological polar surface area (TPSA) is 36.7 Å². The van der Waals surface area contributed by atoms with Gasteiger partial charge in [0.2, 0.25) is 0 Å². The summed E-state index contributed by atoms with van der Waals surface area (Å²) in [5, 5.41) is 0. The third kappa shape index (κ3) is 3.51. The van der Waals surface area contributed by atoms with Gasteiger partial charge in [0.25, 0.3) is 5.91 Å². The average Bonchev–Trinajstić information content (AvgIpc) is 2.78. The van der Waals surface area contributed by atoms with Crippen molar-refractivity contribution in [3.8, 4) is 0 Å². The number of aryl methyl sites for hydroxylation is 1. The Kier molecular flexibility index (Phi) is 5.28. The van der Waals surface area contributed by atoms with Gasteiger partial charge in [0, 0.05) is 38.5 Å². The van der Waals surface area contributed by atoms with Gasteiger partial charge in [-0.3, -0.25) is 4.79 Å². The Bertz CT molecular complexity index is 419. The van der Waals surface area contributed by atoms with E-state index in [2.05, 4.69) is 4.90 Å². The number of hydrogen-bond acceptors (Lipinski definition) is 3. The van der Waals surface area contributed by atoms with Crippen molar-refractivity contribution >= 4 is 17.5 Å². The molecule has 1 aliphatic heterocycles. The average molecular weight is 285 g/mol. The molecule has 1 aromatic heterocycles. The van der Waals surface area contributed by atoms with E-state index in [9.17, 15) is 4.79 Å². The third-order valence-corrected chi connectivity index (χ3v) is 3.74. The van der Waals surface area contributed by atoms with Crippen LogP contribution in [0.25, 0.3) is 0 Å². The Balaban J connectivity index is 2.00. The zero-order valence-corrected chi connectivity index (χ0v) is 12.2. The first kappa shape index (κ1) is 14.4. The number of carbonyl (C=O) groups is 1. The lowest BCUT2D eigenvalue weighted by molar-refractivity contribution is 0.0759. The van der Waals surface area contributed by atoms with Crippen molar-refractivity contribution in [1.82, 2.24) is 9.80 Å². The Hall–Kier alpha value is -1.00. The minimum absolute atomic E-state index is 0.0957. The molecule has 5 heteroatoms. The summed E-state index contributed by atoms with van der Waals surface area (Å²) in [6, 6.07) is 1.78. The second-order valence-corrected chi connectivity index (χ2v) is 5.17. The largest absolute Gasteiger partial charge is 0.469 e. The molecule has 0 radical (unpaired) electrons. The van der Waals surface area contributed by atoms with Crippen LogP contribution in [0, 0.1) is 0 Å². The molecule has 0 atom stereocenters. The van der Waals surface area contributed by atoms with E-state index in [0.717, 1.165) is 51.3 Å².